The lowest BCUT2D eigenvalue weighted by molar-refractivity contribution is -0.274. The molecule has 10 heterocycles. The van der Waals surface area contributed by atoms with E-state index in [1.807, 2.05) is 203 Å². The molecule has 9 aromatic carbocycles. The fourth-order valence-corrected chi connectivity index (χ4v) is 14.5. The molecular formula is C89H83F6N35O5S2. The lowest BCUT2D eigenvalue weighted by Gasteiger charge is -2.13. The third kappa shape index (κ3) is 24.5. The zero-order chi connectivity index (χ0) is 96.4. The maximum absolute atomic E-state index is 13.1. The molecule has 40 nitrogen and oxygen atoms in total. The highest BCUT2D eigenvalue weighted by molar-refractivity contribution is 7.21. The van der Waals surface area contributed by atoms with E-state index >= 15 is 0 Å². The fraction of sp³-hybridized carbons (Fsp3) is 0.112. The highest BCUT2D eigenvalue weighted by Crippen LogP contribution is 2.38. The molecule has 19 aromatic rings. The van der Waals surface area contributed by atoms with Crippen molar-refractivity contribution in [1.29, 1.82) is 0 Å². The van der Waals surface area contributed by atoms with Crippen molar-refractivity contribution in [3.8, 4) is 56.5 Å². The van der Waals surface area contributed by atoms with Gasteiger partial charge in [0.1, 0.15) is 46.3 Å². The van der Waals surface area contributed by atoms with Crippen LogP contribution in [0.15, 0.2) is 255 Å². The summed E-state index contributed by atoms with van der Waals surface area (Å²) >= 11 is 2.87. The summed E-state index contributed by atoms with van der Waals surface area (Å²) in [5, 5.41) is 44.1. The van der Waals surface area contributed by atoms with Crippen LogP contribution in [0.2, 0.25) is 0 Å². The summed E-state index contributed by atoms with van der Waals surface area (Å²) < 4.78 is 110. The van der Waals surface area contributed by atoms with Gasteiger partial charge >= 0.3 is 12.5 Å². The van der Waals surface area contributed by atoms with Crippen molar-refractivity contribution in [3.05, 3.63) is 272 Å². The average Bonchev–Trinajstić information content (AvgIpc) is 1.67. The van der Waals surface area contributed by atoms with Gasteiger partial charge in [0.25, 0.3) is 0 Å². The van der Waals surface area contributed by atoms with E-state index in [9.17, 15) is 26.3 Å². The number of para-hydroxylation sites is 6. The van der Waals surface area contributed by atoms with E-state index in [1.165, 1.54) is 77.5 Å². The number of ether oxygens (including phenoxy) is 5. The molecule has 0 amide bonds. The van der Waals surface area contributed by atoms with E-state index < -0.39 is 23.9 Å². The third-order valence-corrected chi connectivity index (χ3v) is 20.8. The Kier molecular flexibility index (Phi) is 28.6. The van der Waals surface area contributed by atoms with Crippen LogP contribution in [0.1, 0.15) is 17.2 Å². The van der Waals surface area contributed by atoms with Crippen LogP contribution in [0.5, 0.6) is 28.7 Å². The van der Waals surface area contributed by atoms with Gasteiger partial charge in [0.05, 0.1) is 60.1 Å². The number of halogens is 6. The minimum Gasteiger partial charge on any atom is -0.497 e. The second kappa shape index (κ2) is 41.9. The first-order valence-electron chi connectivity index (χ1n) is 40.7. The Balaban J connectivity index is 0.000000130. The number of hydrogen-bond donors (Lipinski definition) is 12. The second-order valence-electron chi connectivity index (χ2n) is 28.8. The molecule has 48 heteroatoms. The second-order valence-corrected chi connectivity index (χ2v) is 30.9. The van der Waals surface area contributed by atoms with Crippen LogP contribution in [-0.2, 0) is 6.18 Å². The number of alkyl halides is 6. The number of aromatic nitrogens is 22. The van der Waals surface area contributed by atoms with E-state index in [2.05, 4.69) is 127 Å². The SMILES string of the molecule is COc1cc(Nc2nc(N)n(-c3nc4ccccc4s3)n2)cc(C(F)(F)F)c1.COc1cc(Nc2nc(N)n(-c3nc4ccccc4s3)n2)cc(OC)c1.COc1cccc(Nc2nc(N)n(-c3cc(Nc4ccccc4)nc(C)n3)n2)c1.Cc1nc(Nc2ccccc2)cc(-n2nc(Nc3cccc(N(C)C)c3)nc2N)n1.Nc1nc(Nc2ccccc2OC(F)(F)F)nn1-c1ccccn1. The highest BCUT2D eigenvalue weighted by Gasteiger charge is 2.34. The van der Waals surface area contributed by atoms with E-state index in [4.69, 9.17) is 47.6 Å². The molecule has 0 fully saturated rings. The van der Waals surface area contributed by atoms with Crippen molar-refractivity contribution in [2.45, 2.75) is 26.4 Å². The van der Waals surface area contributed by atoms with Gasteiger partial charge in [0, 0.05) is 103 Å². The molecule has 10 aromatic heterocycles. The number of aryl methyl sites for hydroxylation is 2. The standard InChI is InChI=1S/C21H23N9.C20H20N8O.C17H13F3N6OS.C17H16N6O2S.C14H11F3N6O/c1-14-23-18(25-15-8-5-4-6-9-15)13-19(24-14)30-20(22)27-21(28-30)26-16-10-7-11-17(12-16)29(2)3;1-13-22-17(24-14-7-4-3-5-8-14)12-18(23-13)28-19(21)26-20(27-28)25-15-9-6-10-16(11-15)29-2;1-27-11-7-9(17(18,19)20)6-10(8-11)22-15-24-14(21)26(25-15)16-23-12-4-2-3-5-13(12)28-16;1-24-11-7-10(8-12(9-11)25-2)19-16-21-15(18)23(22-16)17-20-13-5-3-4-6-14(13)26-17;15-14(16,17)24-10-6-2-1-5-9(10)20-13-21-12(18)23(22-13)11-7-3-4-8-19-11/h4-13H,1-3H3,(H,23,24,25)(H3,22,26,27,28);3-12H,1-2H3,(H,22,23,24)(H3,21,25,26,27);2-8H,1H3,(H3,21,22,24,25);3-9H,1-2H3,(H3,18,19,21,22);1-8H,(H3,18,20,21,22). The summed E-state index contributed by atoms with van der Waals surface area (Å²) in [7, 11) is 10.1. The molecule has 0 aliphatic carbocycles. The fourth-order valence-electron chi connectivity index (χ4n) is 12.7. The van der Waals surface area contributed by atoms with Crippen molar-refractivity contribution in [3.63, 3.8) is 0 Å². The lowest BCUT2D eigenvalue weighted by atomic mass is 10.2. The quantitative estimate of drug-likeness (QED) is 0.0236. The number of methoxy groups -OCH3 is 4. The first kappa shape index (κ1) is 93.4. The van der Waals surface area contributed by atoms with Gasteiger partial charge in [-0.3, -0.25) is 0 Å². The Labute approximate surface area is 782 Å². The molecule has 0 atom stereocenters. The maximum Gasteiger partial charge on any atom is 0.573 e. The predicted molar refractivity (Wildman–Crippen MR) is 514 cm³/mol. The van der Waals surface area contributed by atoms with Crippen LogP contribution < -0.4 is 94.5 Å². The average molecular weight is 1900 g/mol. The largest absolute Gasteiger partial charge is 0.573 e. The molecule has 19 rings (SSSR count). The molecule has 0 saturated carbocycles. The maximum atomic E-state index is 13.1. The van der Waals surface area contributed by atoms with Crippen LogP contribution in [0, 0.1) is 13.8 Å². The summed E-state index contributed by atoms with van der Waals surface area (Å²) in [6.07, 6.45) is -7.77. The first-order valence-corrected chi connectivity index (χ1v) is 42.4. The van der Waals surface area contributed by atoms with Gasteiger partial charge in [-0.25, -0.2) is 34.9 Å². The molecule has 0 saturated heterocycles. The van der Waals surface area contributed by atoms with E-state index in [-0.39, 0.29) is 58.8 Å². The van der Waals surface area contributed by atoms with Crippen molar-refractivity contribution < 1.29 is 50.0 Å². The molecule has 17 N–H and O–H groups in total. The van der Waals surface area contributed by atoms with Crippen LogP contribution in [-0.4, -0.2) is 158 Å². The number of nitrogens with zero attached hydrogens (tertiary/aromatic N) is 23. The van der Waals surface area contributed by atoms with E-state index in [0.717, 1.165) is 72.4 Å². The Morgan fingerprint density at radius 1 is 0.336 bits per heavy atom. The normalized spacial score (nSPS) is 11.0. The summed E-state index contributed by atoms with van der Waals surface area (Å²) in [5.41, 5.74) is 36.2. The highest BCUT2D eigenvalue weighted by atomic mass is 32.1. The molecular weight excluding hydrogens is 1820 g/mol. The molecule has 698 valence electrons. The predicted octanol–water partition coefficient (Wildman–Crippen LogP) is 17.3. The van der Waals surface area contributed by atoms with Crippen LogP contribution in [0.25, 0.3) is 48.1 Å². The lowest BCUT2D eigenvalue weighted by Crippen LogP contribution is -2.17. The minimum absolute atomic E-state index is 0.0105. The number of thiazole rings is 2. The van der Waals surface area contributed by atoms with Crippen molar-refractivity contribution >= 4 is 160 Å². The van der Waals surface area contributed by atoms with Crippen molar-refractivity contribution in [1.82, 2.24) is 109 Å². The smallest absolute Gasteiger partial charge is 0.497 e. The number of anilines is 20. The zero-order valence-electron chi connectivity index (χ0n) is 73.5. The molecule has 0 radical (unpaired) electrons. The third-order valence-electron chi connectivity index (χ3n) is 18.8. The molecule has 0 unspecified atom stereocenters. The molecule has 0 bridgehead atoms. The van der Waals surface area contributed by atoms with E-state index in [1.54, 1.807) is 70.0 Å². The monoisotopic (exact) mass is 1900 g/mol. The molecule has 0 aliphatic heterocycles. The Morgan fingerprint density at radius 3 is 1.19 bits per heavy atom. The summed E-state index contributed by atoms with van der Waals surface area (Å²) in [5.74, 6) is 7.53. The number of rotatable bonds is 25. The number of nitrogens with one attached hydrogen (secondary N) is 7. The molecule has 137 heavy (non-hydrogen) atoms. The van der Waals surface area contributed by atoms with Gasteiger partial charge in [-0.2, -0.15) is 61.5 Å². The Bertz CT molecular complexity index is 7260. The van der Waals surface area contributed by atoms with Gasteiger partial charge in [-0.15, -0.1) is 38.7 Å². The Morgan fingerprint density at radius 2 is 0.730 bits per heavy atom. The number of benzene rings is 9. The van der Waals surface area contributed by atoms with E-state index in [0.29, 0.717) is 80.3 Å². The summed E-state index contributed by atoms with van der Waals surface area (Å²) in [4.78, 5) is 53.7. The van der Waals surface area contributed by atoms with Gasteiger partial charge in [0.2, 0.25) is 69.7 Å². The molecule has 0 aliphatic rings. The van der Waals surface area contributed by atoms with Crippen LogP contribution in [0.3, 0.4) is 0 Å². The van der Waals surface area contributed by atoms with Gasteiger partial charge in [-0.1, -0.05) is 114 Å². The Hall–Kier alpha value is -18.2. The number of pyridine rings is 1. The van der Waals surface area contributed by atoms with Crippen LogP contribution in [0.4, 0.5) is 143 Å². The number of nitrogens with two attached hydrogens (primary N) is 5. The minimum atomic E-state index is -4.81. The summed E-state index contributed by atoms with van der Waals surface area (Å²) in [6.45, 7) is 3.63. The number of nitrogen functional groups attached to an aromatic ring is 5. The zero-order valence-corrected chi connectivity index (χ0v) is 75.2. The molecule has 0 spiro atoms. The first-order chi connectivity index (χ1) is 66.0. The number of hydrogen-bond acceptors (Lipinski definition) is 37. The van der Waals surface area contributed by atoms with Crippen LogP contribution >= 0.6 is 22.7 Å². The van der Waals surface area contributed by atoms with Gasteiger partial charge in [0.15, 0.2) is 23.2 Å². The van der Waals surface area contributed by atoms with Crippen molar-refractivity contribution in [2.75, 3.05) is 113 Å². The van der Waals surface area contributed by atoms with Gasteiger partial charge < -0.3 is 94.5 Å². The topological polar surface area (TPSA) is 507 Å². The van der Waals surface area contributed by atoms with Gasteiger partial charge in [-0.05, 0) is 129 Å². The van der Waals surface area contributed by atoms with Crippen molar-refractivity contribution in [2.24, 2.45) is 0 Å². The summed E-state index contributed by atoms with van der Waals surface area (Å²) in [6, 6.07) is 73.2. The number of fused-ring (bicyclic) bond motifs is 2.